The molecule has 1 atom stereocenters. The highest BCUT2D eigenvalue weighted by molar-refractivity contribution is 9.10. The molecule has 0 N–H and O–H groups in total. The average molecular weight is 267 g/mol. The molecule has 0 radical (unpaired) electrons. The zero-order valence-corrected chi connectivity index (χ0v) is 9.25. The van der Waals surface area contributed by atoms with Crippen molar-refractivity contribution in [3.8, 4) is 0 Å². The molecule has 0 spiro atoms. The van der Waals surface area contributed by atoms with E-state index in [-0.39, 0.29) is 0 Å². The Balaban J connectivity index is 2.00. The van der Waals surface area contributed by atoms with E-state index in [4.69, 9.17) is 16.3 Å². The minimum Gasteiger partial charge on any atom is -0.381 e. The van der Waals surface area contributed by atoms with Crippen LogP contribution in [0.25, 0.3) is 0 Å². The van der Waals surface area contributed by atoms with Gasteiger partial charge in [0.05, 0.1) is 13.2 Å². The summed E-state index contributed by atoms with van der Waals surface area (Å²) >= 11 is 8.95. The van der Waals surface area contributed by atoms with Gasteiger partial charge >= 0.3 is 0 Å². The first kappa shape index (κ1) is 9.43. The number of rotatable bonds is 2. The summed E-state index contributed by atoms with van der Waals surface area (Å²) in [7, 11) is 0. The van der Waals surface area contributed by atoms with Crippen molar-refractivity contribution in [2.24, 2.45) is 5.92 Å². The van der Waals surface area contributed by atoms with Crippen LogP contribution in [0.2, 0.25) is 5.15 Å². The van der Waals surface area contributed by atoms with Crippen molar-refractivity contribution in [3.63, 3.8) is 0 Å². The number of halogens is 2. The van der Waals surface area contributed by atoms with Gasteiger partial charge in [0.25, 0.3) is 0 Å². The number of aromatic nitrogens is 3. The molecule has 0 amide bonds. The van der Waals surface area contributed by atoms with Crippen LogP contribution in [0.15, 0.2) is 4.60 Å². The Morgan fingerprint density at radius 1 is 1.62 bits per heavy atom. The third-order valence-electron chi connectivity index (χ3n) is 2.02. The highest BCUT2D eigenvalue weighted by Crippen LogP contribution is 2.18. The first-order valence-electron chi connectivity index (χ1n) is 4.09. The average Bonchev–Trinajstić information content (AvgIpc) is 2.64. The molecule has 6 heteroatoms. The molecule has 13 heavy (non-hydrogen) atoms. The topological polar surface area (TPSA) is 39.9 Å². The molecule has 1 fully saturated rings. The van der Waals surface area contributed by atoms with E-state index < -0.39 is 0 Å². The Bertz CT molecular complexity index is 278. The van der Waals surface area contributed by atoms with Gasteiger partial charge in [0.2, 0.25) is 0 Å². The highest BCUT2D eigenvalue weighted by Gasteiger charge is 2.17. The molecule has 1 aliphatic rings. The molecule has 2 heterocycles. The molecular weight excluding hydrogens is 257 g/mol. The van der Waals surface area contributed by atoms with Crippen LogP contribution in [0.1, 0.15) is 6.42 Å². The summed E-state index contributed by atoms with van der Waals surface area (Å²) in [6, 6.07) is 0. The normalized spacial score (nSPS) is 22.5. The van der Waals surface area contributed by atoms with Crippen molar-refractivity contribution < 1.29 is 4.74 Å². The van der Waals surface area contributed by atoms with Crippen LogP contribution in [0.5, 0.6) is 0 Å². The summed E-state index contributed by atoms with van der Waals surface area (Å²) in [5.41, 5.74) is 0. The molecule has 1 unspecified atom stereocenters. The second kappa shape index (κ2) is 3.94. The van der Waals surface area contributed by atoms with Gasteiger partial charge in [-0.2, -0.15) is 4.80 Å². The lowest BCUT2D eigenvalue weighted by molar-refractivity contribution is 0.180. The molecule has 4 nitrogen and oxygen atoms in total. The van der Waals surface area contributed by atoms with E-state index in [0.29, 0.717) is 15.7 Å². The molecule has 1 aliphatic heterocycles. The number of hydrogen-bond acceptors (Lipinski definition) is 3. The monoisotopic (exact) mass is 265 g/mol. The lowest BCUT2D eigenvalue weighted by Crippen LogP contribution is -2.13. The van der Waals surface area contributed by atoms with Crippen LogP contribution in [0.3, 0.4) is 0 Å². The van der Waals surface area contributed by atoms with Crippen molar-refractivity contribution in [2.45, 2.75) is 13.0 Å². The second-order valence-electron chi connectivity index (χ2n) is 3.07. The van der Waals surface area contributed by atoms with Crippen molar-refractivity contribution in [1.29, 1.82) is 0 Å². The maximum atomic E-state index is 5.74. The van der Waals surface area contributed by atoms with Crippen LogP contribution in [-0.2, 0) is 11.3 Å². The summed E-state index contributed by atoms with van der Waals surface area (Å²) in [5, 5.41) is 8.57. The van der Waals surface area contributed by atoms with Gasteiger partial charge in [-0.1, -0.05) is 11.6 Å². The molecule has 0 bridgehead atoms. The van der Waals surface area contributed by atoms with Gasteiger partial charge in [-0.25, -0.2) is 0 Å². The fourth-order valence-corrected chi connectivity index (χ4v) is 1.73. The smallest absolute Gasteiger partial charge is 0.185 e. The number of nitrogens with zero attached hydrogens (tertiary/aromatic N) is 3. The van der Waals surface area contributed by atoms with E-state index in [1.165, 1.54) is 0 Å². The van der Waals surface area contributed by atoms with Crippen molar-refractivity contribution in [3.05, 3.63) is 9.76 Å². The van der Waals surface area contributed by atoms with Gasteiger partial charge in [0.15, 0.2) is 9.76 Å². The summed E-state index contributed by atoms with van der Waals surface area (Å²) in [6.07, 6.45) is 1.08. The van der Waals surface area contributed by atoms with Gasteiger partial charge in [-0.3, -0.25) is 0 Å². The van der Waals surface area contributed by atoms with Gasteiger partial charge in [-0.15, -0.1) is 10.2 Å². The van der Waals surface area contributed by atoms with Gasteiger partial charge in [0.1, 0.15) is 0 Å². The second-order valence-corrected chi connectivity index (χ2v) is 4.18. The van der Waals surface area contributed by atoms with Crippen LogP contribution in [-0.4, -0.2) is 28.2 Å². The lowest BCUT2D eigenvalue weighted by Gasteiger charge is -2.04. The third kappa shape index (κ3) is 2.21. The van der Waals surface area contributed by atoms with Gasteiger partial charge < -0.3 is 4.74 Å². The predicted molar refractivity (Wildman–Crippen MR) is 51.7 cm³/mol. The van der Waals surface area contributed by atoms with Crippen molar-refractivity contribution >= 4 is 27.5 Å². The fourth-order valence-electron chi connectivity index (χ4n) is 1.35. The molecule has 1 aromatic heterocycles. The molecule has 2 rings (SSSR count). The Morgan fingerprint density at radius 2 is 2.46 bits per heavy atom. The lowest BCUT2D eigenvalue weighted by atomic mass is 10.1. The zero-order valence-electron chi connectivity index (χ0n) is 6.91. The van der Waals surface area contributed by atoms with Crippen molar-refractivity contribution in [1.82, 2.24) is 15.0 Å². The van der Waals surface area contributed by atoms with E-state index in [2.05, 4.69) is 26.1 Å². The highest BCUT2D eigenvalue weighted by atomic mass is 79.9. The first-order valence-corrected chi connectivity index (χ1v) is 5.26. The minimum absolute atomic E-state index is 0.416. The molecular formula is C7H9BrClN3O. The molecule has 72 valence electrons. The maximum Gasteiger partial charge on any atom is 0.185 e. The van der Waals surface area contributed by atoms with Crippen molar-refractivity contribution in [2.75, 3.05) is 13.2 Å². The molecule has 0 aromatic carbocycles. The first-order chi connectivity index (χ1) is 6.25. The Kier molecular flexibility index (Phi) is 2.86. The predicted octanol–water partition coefficient (Wildman–Crippen LogP) is 1.73. The quantitative estimate of drug-likeness (QED) is 0.818. The number of ether oxygens (including phenoxy) is 1. The maximum absolute atomic E-state index is 5.74. The van der Waals surface area contributed by atoms with Gasteiger partial charge in [0, 0.05) is 12.5 Å². The Morgan fingerprint density at radius 3 is 3.00 bits per heavy atom. The Labute approximate surface area is 89.3 Å². The third-order valence-corrected chi connectivity index (χ3v) is 3.04. The van der Waals surface area contributed by atoms with E-state index in [0.717, 1.165) is 26.2 Å². The summed E-state index contributed by atoms with van der Waals surface area (Å²) in [4.78, 5) is 1.62. The molecule has 0 aliphatic carbocycles. The molecule has 0 saturated carbocycles. The number of hydrogen-bond donors (Lipinski definition) is 0. The van der Waals surface area contributed by atoms with Crippen LogP contribution < -0.4 is 0 Å². The largest absolute Gasteiger partial charge is 0.381 e. The van der Waals surface area contributed by atoms with Crippen LogP contribution in [0.4, 0.5) is 0 Å². The van der Waals surface area contributed by atoms with Crippen LogP contribution in [0, 0.1) is 5.92 Å². The van der Waals surface area contributed by atoms with Gasteiger partial charge in [-0.05, 0) is 22.4 Å². The standard InChI is InChI=1S/C7H9BrClN3O/c8-6-7(9)11-12(10-6)3-5-1-2-13-4-5/h5H,1-4H2. The van der Waals surface area contributed by atoms with E-state index in [1.807, 2.05) is 0 Å². The van der Waals surface area contributed by atoms with E-state index in [9.17, 15) is 0 Å². The summed E-state index contributed by atoms with van der Waals surface area (Å²) in [5.74, 6) is 0.523. The summed E-state index contributed by atoms with van der Waals surface area (Å²) in [6.45, 7) is 2.43. The SMILES string of the molecule is Clc1nn(CC2CCOC2)nc1Br. The Hall–Kier alpha value is -0.130. The summed E-state index contributed by atoms with van der Waals surface area (Å²) < 4.78 is 5.86. The minimum atomic E-state index is 0.416. The van der Waals surface area contributed by atoms with Crippen LogP contribution >= 0.6 is 27.5 Å². The van der Waals surface area contributed by atoms with E-state index >= 15 is 0 Å². The molecule has 1 saturated heterocycles. The van der Waals surface area contributed by atoms with E-state index in [1.54, 1.807) is 4.80 Å². The molecule has 1 aromatic rings. The zero-order chi connectivity index (χ0) is 9.26. The fraction of sp³-hybridized carbons (Fsp3) is 0.714.